The van der Waals surface area contributed by atoms with Crippen molar-refractivity contribution in [2.45, 2.75) is 37.1 Å². The Balaban J connectivity index is 1.58. The van der Waals surface area contributed by atoms with Crippen molar-refractivity contribution >= 4 is 5.97 Å². The Hall–Kier alpha value is -4.71. The fourth-order valence-electron chi connectivity index (χ4n) is 5.31. The number of carbonyl (C=O) groups excluding carboxylic acids is 1. The second kappa shape index (κ2) is 12.7. The Morgan fingerprint density at radius 1 is 0.884 bits per heavy atom. The van der Waals surface area contributed by atoms with Gasteiger partial charge in [0.1, 0.15) is 29.3 Å². The number of nitrogens with zero attached hydrogens (tertiary/aromatic N) is 1. The topological polar surface area (TPSA) is 138 Å². The maximum atomic E-state index is 12.6. The van der Waals surface area contributed by atoms with E-state index in [0.717, 1.165) is 27.3 Å². The zero-order valence-corrected chi connectivity index (χ0v) is 23.8. The van der Waals surface area contributed by atoms with Crippen molar-refractivity contribution in [3.8, 4) is 11.5 Å². The monoisotopic (exact) mass is 588 g/mol. The van der Waals surface area contributed by atoms with Gasteiger partial charge in [0.25, 0.3) is 5.56 Å². The Labute approximate surface area is 247 Å². The molecule has 0 amide bonds. The molecule has 1 saturated heterocycles. The van der Waals surface area contributed by atoms with E-state index in [2.05, 4.69) is 4.98 Å². The number of methoxy groups -OCH3 is 2. The second-order valence-corrected chi connectivity index (χ2v) is 9.96. The molecule has 0 radical (unpaired) electrons. The third-order valence-corrected chi connectivity index (χ3v) is 7.38. The fourth-order valence-corrected chi connectivity index (χ4v) is 5.31. The van der Waals surface area contributed by atoms with Crippen LogP contribution in [0.15, 0.2) is 101 Å². The van der Waals surface area contributed by atoms with Gasteiger partial charge in [0.2, 0.25) is 0 Å². The molecule has 224 valence electrons. The summed E-state index contributed by atoms with van der Waals surface area (Å²) < 4.78 is 30.2. The summed E-state index contributed by atoms with van der Waals surface area (Å²) in [5.41, 5.74) is -0.256. The lowest BCUT2D eigenvalue weighted by atomic mass is 9.80. The molecule has 11 nitrogen and oxygen atoms in total. The number of nitrogens with one attached hydrogen (secondary N) is 1. The lowest BCUT2D eigenvalue weighted by Crippen LogP contribution is -2.41. The predicted molar refractivity (Wildman–Crippen MR) is 155 cm³/mol. The van der Waals surface area contributed by atoms with Crippen molar-refractivity contribution in [3.05, 3.63) is 129 Å². The van der Waals surface area contributed by atoms with E-state index in [-0.39, 0.29) is 6.61 Å². The van der Waals surface area contributed by atoms with E-state index >= 15 is 0 Å². The van der Waals surface area contributed by atoms with Gasteiger partial charge in [0.05, 0.1) is 20.8 Å². The summed E-state index contributed by atoms with van der Waals surface area (Å²) >= 11 is 0. The first-order valence-electron chi connectivity index (χ1n) is 13.6. The maximum Gasteiger partial charge on any atom is 0.330 e. The highest BCUT2D eigenvalue weighted by molar-refractivity contribution is 5.66. The van der Waals surface area contributed by atoms with Crippen LogP contribution in [-0.4, -0.2) is 59.8 Å². The van der Waals surface area contributed by atoms with Gasteiger partial charge in [-0.05, 0) is 41.0 Å². The molecule has 4 aromatic rings. The van der Waals surface area contributed by atoms with Crippen molar-refractivity contribution in [3.63, 3.8) is 0 Å². The van der Waals surface area contributed by atoms with Crippen LogP contribution >= 0.6 is 0 Å². The number of aromatic nitrogens is 2. The van der Waals surface area contributed by atoms with Gasteiger partial charge in [0.15, 0.2) is 12.3 Å². The summed E-state index contributed by atoms with van der Waals surface area (Å²) in [5.74, 6) is 0.647. The van der Waals surface area contributed by atoms with Crippen LogP contribution in [0.1, 0.15) is 29.8 Å². The van der Waals surface area contributed by atoms with E-state index in [9.17, 15) is 19.5 Å². The molecular weight excluding hydrogens is 556 g/mol. The maximum absolute atomic E-state index is 12.6. The lowest BCUT2D eigenvalue weighted by Gasteiger charge is -2.37. The third-order valence-electron chi connectivity index (χ3n) is 7.38. The molecule has 0 aliphatic carbocycles. The zero-order valence-electron chi connectivity index (χ0n) is 23.8. The van der Waals surface area contributed by atoms with Crippen LogP contribution in [0.4, 0.5) is 0 Å². The average Bonchev–Trinajstić information content (AvgIpc) is 3.32. The highest BCUT2D eigenvalue weighted by atomic mass is 16.6. The van der Waals surface area contributed by atoms with Gasteiger partial charge < -0.3 is 28.8 Å². The molecule has 1 aliphatic heterocycles. The fraction of sp³-hybridized carbons (Fsp3) is 0.281. The first-order chi connectivity index (χ1) is 20.8. The molecular formula is C32H32N2O9. The van der Waals surface area contributed by atoms with Crippen molar-refractivity contribution in [1.82, 2.24) is 9.55 Å². The molecule has 1 fully saturated rings. The number of carbonyl (C=O) groups is 1. The Kier molecular flexibility index (Phi) is 8.76. The molecule has 43 heavy (non-hydrogen) atoms. The van der Waals surface area contributed by atoms with Crippen molar-refractivity contribution < 1.29 is 33.6 Å². The van der Waals surface area contributed by atoms with Gasteiger partial charge >= 0.3 is 11.7 Å². The molecule has 0 unspecified atom stereocenters. The van der Waals surface area contributed by atoms with Gasteiger partial charge in [-0.15, -0.1) is 0 Å². The smallest absolute Gasteiger partial charge is 0.330 e. The highest BCUT2D eigenvalue weighted by Gasteiger charge is 2.49. The minimum atomic E-state index is -1.37. The Morgan fingerprint density at radius 3 is 1.95 bits per heavy atom. The molecule has 5 rings (SSSR count). The first kappa shape index (κ1) is 29.8. The Morgan fingerprint density at radius 2 is 1.44 bits per heavy atom. The third kappa shape index (κ3) is 5.96. The minimum Gasteiger partial charge on any atom is -0.497 e. The molecule has 1 aromatic heterocycles. The quantitative estimate of drug-likeness (QED) is 0.212. The standard InChI is InChI=1S/C32H32N2O9/c1-20(35)42-29-28(37)26(43-30(29)34-18-17-27(36)33-31(34)38)19-41-32(21-7-5-4-6-8-21,22-9-13-24(39-2)14-10-22)23-11-15-25(40-3)16-12-23/h4-18,26,28-30,37H,19H2,1-3H3,(H,33,36,38)/t26-,28-,29+,30-/m1/s1. The molecule has 1 aliphatic rings. The molecule has 3 aromatic carbocycles. The minimum absolute atomic E-state index is 0.180. The molecule has 2 heterocycles. The Bertz CT molecular complexity index is 1600. The number of hydrogen-bond acceptors (Lipinski definition) is 9. The predicted octanol–water partition coefficient (Wildman–Crippen LogP) is 2.75. The molecule has 11 heteroatoms. The van der Waals surface area contributed by atoms with Gasteiger partial charge in [0, 0.05) is 19.2 Å². The lowest BCUT2D eigenvalue weighted by molar-refractivity contribution is -0.156. The van der Waals surface area contributed by atoms with Crippen LogP contribution in [0, 0.1) is 0 Å². The molecule has 2 N–H and O–H groups in total. The van der Waals surface area contributed by atoms with Crippen molar-refractivity contribution in [1.29, 1.82) is 0 Å². The van der Waals surface area contributed by atoms with Gasteiger partial charge in [-0.3, -0.25) is 19.1 Å². The van der Waals surface area contributed by atoms with E-state index in [0.29, 0.717) is 11.5 Å². The number of rotatable bonds is 10. The van der Waals surface area contributed by atoms with Gasteiger partial charge in [-0.2, -0.15) is 0 Å². The SMILES string of the molecule is COc1ccc(C(OC[C@H]2O[C@@H](n3ccc(=O)[nH]c3=O)[C@@H](OC(C)=O)[C@@H]2O)(c2ccccc2)c2ccc(OC)cc2)cc1. The van der Waals surface area contributed by atoms with Crippen LogP contribution in [0.25, 0.3) is 0 Å². The van der Waals surface area contributed by atoms with Crippen LogP contribution in [0.3, 0.4) is 0 Å². The van der Waals surface area contributed by atoms with E-state index in [1.54, 1.807) is 14.2 Å². The molecule has 0 saturated carbocycles. The number of aliphatic hydroxyl groups is 1. The van der Waals surface area contributed by atoms with E-state index in [4.69, 9.17) is 23.7 Å². The van der Waals surface area contributed by atoms with Crippen LogP contribution in [-0.2, 0) is 24.6 Å². The van der Waals surface area contributed by atoms with Crippen molar-refractivity contribution in [2.24, 2.45) is 0 Å². The summed E-state index contributed by atoms with van der Waals surface area (Å²) in [6.07, 6.45) is -3.64. The zero-order chi connectivity index (χ0) is 30.6. The van der Waals surface area contributed by atoms with E-state index in [1.165, 1.54) is 13.1 Å². The van der Waals surface area contributed by atoms with E-state index in [1.807, 2.05) is 78.9 Å². The summed E-state index contributed by atoms with van der Waals surface area (Å²) in [7, 11) is 3.17. The van der Waals surface area contributed by atoms with E-state index < -0.39 is 47.4 Å². The largest absolute Gasteiger partial charge is 0.497 e. The van der Waals surface area contributed by atoms with Crippen LogP contribution in [0.5, 0.6) is 11.5 Å². The number of aromatic amines is 1. The number of aliphatic hydroxyl groups excluding tert-OH is 1. The van der Waals surface area contributed by atoms with Crippen LogP contribution in [0.2, 0.25) is 0 Å². The average molecular weight is 589 g/mol. The number of hydrogen-bond donors (Lipinski definition) is 2. The number of esters is 1. The second-order valence-electron chi connectivity index (χ2n) is 9.96. The van der Waals surface area contributed by atoms with Crippen LogP contribution < -0.4 is 20.7 Å². The molecule has 0 spiro atoms. The highest BCUT2D eigenvalue weighted by Crippen LogP contribution is 2.43. The normalized spacial score (nSPS) is 20.0. The number of H-pyrrole nitrogens is 1. The number of ether oxygens (including phenoxy) is 5. The summed E-state index contributed by atoms with van der Waals surface area (Å²) in [4.78, 5) is 38.4. The number of benzene rings is 3. The first-order valence-corrected chi connectivity index (χ1v) is 13.6. The summed E-state index contributed by atoms with van der Waals surface area (Å²) in [5, 5.41) is 11.3. The summed E-state index contributed by atoms with van der Waals surface area (Å²) in [6.45, 7) is 1.01. The molecule has 4 atom stereocenters. The molecule has 0 bridgehead atoms. The summed E-state index contributed by atoms with van der Waals surface area (Å²) in [6, 6.07) is 25.6. The van der Waals surface area contributed by atoms with Gasteiger partial charge in [-0.25, -0.2) is 4.79 Å². The van der Waals surface area contributed by atoms with Crippen molar-refractivity contribution in [2.75, 3.05) is 20.8 Å². The van der Waals surface area contributed by atoms with Gasteiger partial charge in [-0.1, -0.05) is 54.6 Å².